The van der Waals surface area contributed by atoms with Crippen molar-refractivity contribution in [2.24, 2.45) is 7.05 Å². The predicted octanol–water partition coefficient (Wildman–Crippen LogP) is 3.43. The van der Waals surface area contributed by atoms with Crippen molar-refractivity contribution in [3.63, 3.8) is 0 Å². The minimum Gasteiger partial charge on any atom is -0.496 e. The minimum atomic E-state index is 0.767. The van der Waals surface area contributed by atoms with Crippen molar-refractivity contribution in [2.75, 3.05) is 7.11 Å². The van der Waals surface area contributed by atoms with E-state index in [0.29, 0.717) is 0 Å². The fourth-order valence-electron chi connectivity index (χ4n) is 2.06. The molecule has 2 aromatic heterocycles. The topological polar surface area (TPSA) is 52.8 Å². The van der Waals surface area contributed by atoms with Crippen molar-refractivity contribution in [1.29, 1.82) is 0 Å². The van der Waals surface area contributed by atoms with Crippen LogP contribution in [-0.4, -0.2) is 26.9 Å². The highest BCUT2D eigenvalue weighted by atomic mass is 79.9. The van der Waals surface area contributed by atoms with Gasteiger partial charge in [0.05, 0.1) is 18.7 Å². The molecule has 0 radical (unpaired) electrons. The van der Waals surface area contributed by atoms with E-state index in [-0.39, 0.29) is 0 Å². The van der Waals surface area contributed by atoms with E-state index in [4.69, 9.17) is 4.74 Å². The summed E-state index contributed by atoms with van der Waals surface area (Å²) >= 11 is 5.14. The van der Waals surface area contributed by atoms with E-state index in [9.17, 15) is 0 Å². The van der Waals surface area contributed by atoms with Gasteiger partial charge >= 0.3 is 0 Å². The first kappa shape index (κ1) is 14.3. The van der Waals surface area contributed by atoms with Crippen LogP contribution >= 0.6 is 27.7 Å². The Morgan fingerprint density at radius 3 is 3.00 bits per heavy atom. The van der Waals surface area contributed by atoms with E-state index in [1.165, 1.54) is 0 Å². The zero-order chi connectivity index (χ0) is 14.8. The Labute approximate surface area is 134 Å². The number of ether oxygens (including phenoxy) is 1. The van der Waals surface area contributed by atoms with Crippen LogP contribution in [0.4, 0.5) is 0 Å². The summed E-state index contributed by atoms with van der Waals surface area (Å²) in [5, 5.41) is 6.13. The van der Waals surface area contributed by atoms with Gasteiger partial charge in [-0.2, -0.15) is 5.10 Å². The molecule has 2 heterocycles. The molecule has 0 fully saturated rings. The number of aromatic nitrogens is 4. The average Bonchev–Trinajstić information content (AvgIpc) is 2.87. The lowest BCUT2D eigenvalue weighted by atomic mass is 10.2. The fraction of sp³-hybridized carbons (Fsp3) is 0.214. The van der Waals surface area contributed by atoms with Gasteiger partial charge in [-0.25, -0.2) is 9.97 Å². The Bertz CT molecular complexity index is 790. The van der Waals surface area contributed by atoms with Crippen LogP contribution < -0.4 is 4.74 Å². The van der Waals surface area contributed by atoms with Crippen LogP contribution in [0, 0.1) is 0 Å². The number of fused-ring (bicyclic) bond motifs is 1. The molecule has 3 aromatic rings. The number of halogens is 1. The molecule has 0 unspecified atom stereocenters. The van der Waals surface area contributed by atoms with Gasteiger partial charge in [0.15, 0.2) is 5.65 Å². The van der Waals surface area contributed by atoms with E-state index in [1.807, 2.05) is 19.2 Å². The first-order valence-electron chi connectivity index (χ1n) is 6.27. The lowest BCUT2D eigenvalue weighted by Crippen LogP contribution is -1.94. The Morgan fingerprint density at radius 2 is 2.19 bits per heavy atom. The molecule has 0 atom stereocenters. The van der Waals surface area contributed by atoms with E-state index in [2.05, 4.69) is 37.1 Å². The molecule has 0 aliphatic carbocycles. The van der Waals surface area contributed by atoms with Crippen LogP contribution in [0.1, 0.15) is 5.56 Å². The van der Waals surface area contributed by atoms with Crippen molar-refractivity contribution in [3.8, 4) is 5.75 Å². The van der Waals surface area contributed by atoms with Gasteiger partial charge in [0.1, 0.15) is 17.1 Å². The molecule has 21 heavy (non-hydrogen) atoms. The monoisotopic (exact) mass is 364 g/mol. The standard InChI is InChI=1S/C14H13BrN4OS/c1-19-13-11(6-18-19)14(17-8-16-13)21-7-9-5-10(15)3-4-12(9)20-2/h3-6,8H,7H2,1-2H3. The van der Waals surface area contributed by atoms with E-state index in [0.717, 1.165) is 37.6 Å². The van der Waals surface area contributed by atoms with Gasteiger partial charge in [-0.1, -0.05) is 15.9 Å². The van der Waals surface area contributed by atoms with Crippen LogP contribution in [0.3, 0.4) is 0 Å². The number of hydrogen-bond acceptors (Lipinski definition) is 5. The maximum absolute atomic E-state index is 5.40. The number of nitrogens with zero attached hydrogens (tertiary/aromatic N) is 4. The molecule has 1 aromatic carbocycles. The number of benzene rings is 1. The highest BCUT2D eigenvalue weighted by Crippen LogP contribution is 2.31. The summed E-state index contributed by atoms with van der Waals surface area (Å²) in [6, 6.07) is 5.99. The van der Waals surface area contributed by atoms with Crippen molar-refractivity contribution in [1.82, 2.24) is 19.7 Å². The maximum atomic E-state index is 5.40. The Kier molecular flexibility index (Phi) is 4.12. The summed E-state index contributed by atoms with van der Waals surface area (Å²) in [7, 11) is 3.56. The molecular weight excluding hydrogens is 352 g/mol. The van der Waals surface area contributed by atoms with Gasteiger partial charge in [-0.3, -0.25) is 4.68 Å². The summed E-state index contributed by atoms with van der Waals surface area (Å²) in [5.74, 6) is 1.64. The van der Waals surface area contributed by atoms with E-state index < -0.39 is 0 Å². The van der Waals surface area contributed by atoms with Crippen LogP contribution in [0.25, 0.3) is 11.0 Å². The molecule has 0 spiro atoms. The third-order valence-electron chi connectivity index (χ3n) is 3.10. The molecule has 0 N–H and O–H groups in total. The first-order chi connectivity index (χ1) is 10.2. The van der Waals surface area contributed by atoms with Gasteiger partial charge < -0.3 is 4.74 Å². The molecule has 0 aliphatic rings. The molecule has 7 heteroatoms. The number of thioether (sulfide) groups is 1. The second kappa shape index (κ2) is 6.03. The maximum Gasteiger partial charge on any atom is 0.162 e. The summed E-state index contributed by atoms with van der Waals surface area (Å²) in [4.78, 5) is 8.61. The van der Waals surface area contributed by atoms with Crippen molar-refractivity contribution >= 4 is 38.7 Å². The van der Waals surface area contributed by atoms with Crippen LogP contribution in [0.5, 0.6) is 5.75 Å². The van der Waals surface area contributed by atoms with Gasteiger partial charge in [0.25, 0.3) is 0 Å². The predicted molar refractivity (Wildman–Crippen MR) is 86.6 cm³/mol. The molecule has 108 valence electrons. The van der Waals surface area contributed by atoms with Crippen LogP contribution in [0.2, 0.25) is 0 Å². The number of methoxy groups -OCH3 is 1. The third-order valence-corrected chi connectivity index (χ3v) is 4.65. The molecule has 0 saturated heterocycles. The minimum absolute atomic E-state index is 0.767. The molecule has 0 amide bonds. The molecule has 0 aliphatic heterocycles. The lowest BCUT2D eigenvalue weighted by molar-refractivity contribution is 0.411. The first-order valence-corrected chi connectivity index (χ1v) is 8.05. The van der Waals surface area contributed by atoms with Crippen molar-refractivity contribution in [3.05, 3.63) is 40.8 Å². The van der Waals surface area contributed by atoms with Crippen LogP contribution in [-0.2, 0) is 12.8 Å². The van der Waals surface area contributed by atoms with E-state index in [1.54, 1.807) is 36.1 Å². The molecule has 3 rings (SSSR count). The van der Waals surface area contributed by atoms with Gasteiger partial charge in [-0.15, -0.1) is 11.8 Å². The largest absolute Gasteiger partial charge is 0.496 e. The van der Waals surface area contributed by atoms with Gasteiger partial charge in [0, 0.05) is 22.8 Å². The lowest BCUT2D eigenvalue weighted by Gasteiger charge is -2.08. The SMILES string of the molecule is COc1ccc(Br)cc1CSc1ncnc2c1cnn2C. The number of hydrogen-bond donors (Lipinski definition) is 0. The normalized spacial score (nSPS) is 11.0. The Morgan fingerprint density at radius 1 is 1.33 bits per heavy atom. The Balaban J connectivity index is 1.88. The van der Waals surface area contributed by atoms with Gasteiger partial charge in [-0.05, 0) is 18.2 Å². The van der Waals surface area contributed by atoms with Gasteiger partial charge in [0.2, 0.25) is 0 Å². The highest BCUT2D eigenvalue weighted by Gasteiger charge is 2.10. The number of aryl methyl sites for hydroxylation is 1. The molecule has 0 saturated carbocycles. The second-order valence-electron chi connectivity index (χ2n) is 4.43. The molecule has 5 nitrogen and oxygen atoms in total. The molecular formula is C14H13BrN4OS. The third kappa shape index (κ3) is 2.89. The summed E-state index contributed by atoms with van der Waals surface area (Å²) in [6.07, 6.45) is 3.38. The Hall–Kier alpha value is -1.60. The quantitative estimate of drug-likeness (QED) is 0.524. The summed E-state index contributed by atoms with van der Waals surface area (Å²) in [6.45, 7) is 0. The fourth-order valence-corrected chi connectivity index (χ4v) is 3.41. The summed E-state index contributed by atoms with van der Waals surface area (Å²) < 4.78 is 8.18. The smallest absolute Gasteiger partial charge is 0.162 e. The second-order valence-corrected chi connectivity index (χ2v) is 6.31. The zero-order valence-electron chi connectivity index (χ0n) is 11.6. The molecule has 0 bridgehead atoms. The van der Waals surface area contributed by atoms with Crippen LogP contribution in [0.15, 0.2) is 40.2 Å². The number of rotatable bonds is 4. The summed E-state index contributed by atoms with van der Waals surface area (Å²) in [5.41, 5.74) is 1.96. The zero-order valence-corrected chi connectivity index (χ0v) is 14.0. The van der Waals surface area contributed by atoms with Crippen molar-refractivity contribution in [2.45, 2.75) is 10.8 Å². The average molecular weight is 365 g/mol. The highest BCUT2D eigenvalue weighted by molar-refractivity contribution is 9.10. The van der Waals surface area contributed by atoms with E-state index >= 15 is 0 Å². The van der Waals surface area contributed by atoms with Crippen molar-refractivity contribution < 1.29 is 4.74 Å².